The number of nitrogens with one attached hydrogen (secondary N) is 1. The second kappa shape index (κ2) is 7.63. The van der Waals surface area contributed by atoms with E-state index in [0.29, 0.717) is 24.7 Å². The number of para-hydroxylation sites is 1. The number of fused-ring (bicyclic) bond motifs is 1. The highest BCUT2D eigenvalue weighted by atomic mass is 35.5. The Morgan fingerprint density at radius 3 is 2.89 bits per heavy atom. The van der Waals surface area contributed by atoms with Gasteiger partial charge in [-0.2, -0.15) is 5.10 Å². The largest absolute Gasteiger partial charge is 0.333 e. The van der Waals surface area contributed by atoms with E-state index in [0.717, 1.165) is 22.2 Å². The molecule has 4 aromatic rings. The van der Waals surface area contributed by atoms with Crippen LogP contribution in [0.5, 0.6) is 0 Å². The Morgan fingerprint density at radius 2 is 2.04 bits per heavy atom. The van der Waals surface area contributed by atoms with Gasteiger partial charge in [0.25, 0.3) is 0 Å². The number of anilines is 1. The van der Waals surface area contributed by atoms with Crippen LogP contribution in [0.15, 0.2) is 67.3 Å². The molecule has 136 valence electrons. The van der Waals surface area contributed by atoms with Gasteiger partial charge in [-0.3, -0.25) is 9.48 Å². The van der Waals surface area contributed by atoms with Crippen molar-refractivity contribution in [3.05, 3.63) is 78.0 Å². The van der Waals surface area contributed by atoms with Crippen molar-refractivity contribution < 1.29 is 4.79 Å². The number of rotatable bonds is 6. The first kappa shape index (κ1) is 17.3. The first-order chi connectivity index (χ1) is 13.2. The summed E-state index contributed by atoms with van der Waals surface area (Å²) in [7, 11) is 0. The molecule has 0 aliphatic rings. The molecule has 6 nitrogen and oxygen atoms in total. The van der Waals surface area contributed by atoms with E-state index in [4.69, 9.17) is 11.6 Å². The van der Waals surface area contributed by atoms with Crippen LogP contribution in [0.3, 0.4) is 0 Å². The fourth-order valence-corrected chi connectivity index (χ4v) is 3.28. The summed E-state index contributed by atoms with van der Waals surface area (Å²) in [6, 6.07) is 15.5. The third-order valence-electron chi connectivity index (χ3n) is 4.30. The minimum Gasteiger partial charge on any atom is -0.333 e. The quantitative estimate of drug-likeness (QED) is 0.551. The van der Waals surface area contributed by atoms with Gasteiger partial charge in [0.15, 0.2) is 5.15 Å². The topological polar surface area (TPSA) is 64.7 Å². The predicted octanol–water partition coefficient (Wildman–Crippen LogP) is 3.96. The van der Waals surface area contributed by atoms with Gasteiger partial charge < -0.3 is 9.88 Å². The highest BCUT2D eigenvalue weighted by Crippen LogP contribution is 2.22. The van der Waals surface area contributed by atoms with Crippen LogP contribution in [0.1, 0.15) is 12.0 Å². The molecule has 0 fully saturated rings. The Hall–Kier alpha value is -3.12. The van der Waals surface area contributed by atoms with Crippen molar-refractivity contribution in [2.75, 3.05) is 5.32 Å². The normalized spacial score (nSPS) is 11.0. The van der Waals surface area contributed by atoms with Crippen molar-refractivity contribution in [3.8, 4) is 0 Å². The van der Waals surface area contributed by atoms with Crippen LogP contribution in [0.2, 0.25) is 5.15 Å². The van der Waals surface area contributed by atoms with Gasteiger partial charge in [-0.05, 0) is 29.8 Å². The molecule has 27 heavy (non-hydrogen) atoms. The Balaban J connectivity index is 1.39. The molecule has 7 heteroatoms. The average molecular weight is 380 g/mol. The molecule has 0 unspecified atom stereocenters. The minimum absolute atomic E-state index is 0.0644. The zero-order chi connectivity index (χ0) is 18.6. The molecule has 1 amide bonds. The Morgan fingerprint density at radius 1 is 1.15 bits per heavy atom. The highest BCUT2D eigenvalue weighted by molar-refractivity contribution is 6.34. The molecule has 0 aliphatic heterocycles. The molecule has 0 radical (unpaired) electrons. The van der Waals surface area contributed by atoms with E-state index in [1.807, 2.05) is 59.3 Å². The monoisotopic (exact) mass is 379 g/mol. The fraction of sp³-hybridized carbons (Fsp3) is 0.150. The first-order valence-electron chi connectivity index (χ1n) is 8.64. The molecule has 2 aromatic carbocycles. The van der Waals surface area contributed by atoms with Crippen LogP contribution >= 0.6 is 11.6 Å². The van der Waals surface area contributed by atoms with E-state index in [9.17, 15) is 4.79 Å². The smallest absolute Gasteiger partial charge is 0.226 e. The summed E-state index contributed by atoms with van der Waals surface area (Å²) < 4.78 is 3.75. The molecule has 2 heterocycles. The van der Waals surface area contributed by atoms with Gasteiger partial charge in [0, 0.05) is 36.4 Å². The second-order valence-electron chi connectivity index (χ2n) is 6.26. The lowest BCUT2D eigenvalue weighted by Crippen LogP contribution is -2.15. The molecular formula is C20H18ClN5O. The van der Waals surface area contributed by atoms with Crippen molar-refractivity contribution in [2.24, 2.45) is 0 Å². The predicted molar refractivity (Wildman–Crippen MR) is 106 cm³/mol. The summed E-state index contributed by atoms with van der Waals surface area (Å²) in [5.74, 6) is -0.0644. The first-order valence-corrected chi connectivity index (χ1v) is 9.02. The van der Waals surface area contributed by atoms with Crippen LogP contribution in [0.4, 0.5) is 5.69 Å². The lowest BCUT2D eigenvalue weighted by Gasteiger charge is -2.08. The number of hydrogen-bond donors (Lipinski definition) is 1. The maximum absolute atomic E-state index is 12.4. The number of carbonyl (C=O) groups excluding carboxylic acids is 1. The number of benzene rings is 2. The molecule has 2 aromatic heterocycles. The molecule has 0 atom stereocenters. The standard InChI is InChI=1S/C20H18ClN5O/c21-20-17-6-1-2-7-18(17)26(24-20)10-8-19(27)23-16-5-3-4-15(12-16)13-25-11-9-22-14-25/h1-7,9,11-12,14H,8,10,13H2,(H,23,27). The number of aryl methyl sites for hydroxylation is 1. The minimum atomic E-state index is -0.0644. The third kappa shape index (κ3) is 4.01. The molecule has 0 aliphatic carbocycles. The summed E-state index contributed by atoms with van der Waals surface area (Å²) in [5.41, 5.74) is 2.80. The van der Waals surface area contributed by atoms with E-state index in [1.54, 1.807) is 17.2 Å². The van der Waals surface area contributed by atoms with Crippen molar-refractivity contribution in [1.82, 2.24) is 19.3 Å². The summed E-state index contributed by atoms with van der Waals surface area (Å²) in [5, 5.41) is 8.62. The molecule has 0 bridgehead atoms. The van der Waals surface area contributed by atoms with Gasteiger partial charge in [-0.15, -0.1) is 0 Å². The molecule has 1 N–H and O–H groups in total. The van der Waals surface area contributed by atoms with E-state index in [-0.39, 0.29) is 5.91 Å². The zero-order valence-corrected chi connectivity index (χ0v) is 15.3. The molecule has 4 rings (SSSR count). The van der Waals surface area contributed by atoms with Crippen LogP contribution in [-0.4, -0.2) is 25.2 Å². The van der Waals surface area contributed by atoms with Gasteiger partial charge in [-0.1, -0.05) is 35.9 Å². The number of nitrogens with zero attached hydrogens (tertiary/aromatic N) is 4. The maximum atomic E-state index is 12.4. The summed E-state index contributed by atoms with van der Waals surface area (Å²) in [6.07, 6.45) is 5.74. The SMILES string of the molecule is O=C(CCn1nc(Cl)c2ccccc21)Nc1cccc(Cn2ccnc2)c1. The average Bonchev–Trinajstić information content (AvgIpc) is 3.29. The van der Waals surface area contributed by atoms with Crippen LogP contribution < -0.4 is 5.32 Å². The van der Waals surface area contributed by atoms with Gasteiger partial charge >= 0.3 is 0 Å². The van der Waals surface area contributed by atoms with E-state index >= 15 is 0 Å². The number of imidazole rings is 1. The maximum Gasteiger partial charge on any atom is 0.226 e. The molecule has 0 spiro atoms. The number of halogens is 1. The number of aromatic nitrogens is 4. The van der Waals surface area contributed by atoms with Crippen molar-refractivity contribution >= 4 is 34.1 Å². The summed E-state index contributed by atoms with van der Waals surface area (Å²) >= 11 is 6.16. The highest BCUT2D eigenvalue weighted by Gasteiger charge is 2.10. The molecule has 0 saturated heterocycles. The van der Waals surface area contributed by atoms with Crippen LogP contribution in [0, 0.1) is 0 Å². The van der Waals surface area contributed by atoms with E-state index < -0.39 is 0 Å². The molecule has 0 saturated carbocycles. The van der Waals surface area contributed by atoms with E-state index in [1.165, 1.54) is 0 Å². The van der Waals surface area contributed by atoms with Gasteiger partial charge in [0.2, 0.25) is 5.91 Å². The Labute approximate surface area is 161 Å². The van der Waals surface area contributed by atoms with Crippen LogP contribution in [-0.2, 0) is 17.9 Å². The Kier molecular flexibility index (Phi) is 4.89. The van der Waals surface area contributed by atoms with Crippen LogP contribution in [0.25, 0.3) is 10.9 Å². The fourth-order valence-electron chi connectivity index (χ4n) is 3.03. The second-order valence-corrected chi connectivity index (χ2v) is 6.62. The van der Waals surface area contributed by atoms with Crippen molar-refractivity contribution in [3.63, 3.8) is 0 Å². The lowest BCUT2D eigenvalue weighted by atomic mass is 10.2. The van der Waals surface area contributed by atoms with E-state index in [2.05, 4.69) is 15.4 Å². The van der Waals surface area contributed by atoms with Crippen molar-refractivity contribution in [1.29, 1.82) is 0 Å². The third-order valence-corrected chi connectivity index (χ3v) is 4.58. The van der Waals surface area contributed by atoms with Gasteiger partial charge in [0.1, 0.15) is 0 Å². The Bertz CT molecular complexity index is 1070. The number of amides is 1. The zero-order valence-electron chi connectivity index (χ0n) is 14.5. The van der Waals surface area contributed by atoms with Crippen molar-refractivity contribution in [2.45, 2.75) is 19.5 Å². The number of carbonyl (C=O) groups is 1. The van der Waals surface area contributed by atoms with Gasteiger partial charge in [-0.25, -0.2) is 4.98 Å². The summed E-state index contributed by atoms with van der Waals surface area (Å²) in [6.45, 7) is 1.18. The van der Waals surface area contributed by atoms with Gasteiger partial charge in [0.05, 0.1) is 18.4 Å². The lowest BCUT2D eigenvalue weighted by molar-refractivity contribution is -0.116. The summed E-state index contributed by atoms with van der Waals surface area (Å²) in [4.78, 5) is 16.4. The number of hydrogen-bond acceptors (Lipinski definition) is 3. The molecular weight excluding hydrogens is 362 g/mol.